The maximum Gasteiger partial charge on any atom is 0.126 e. The van der Waals surface area contributed by atoms with Crippen molar-refractivity contribution in [2.45, 2.75) is 6.92 Å². The molecule has 16 heavy (non-hydrogen) atoms. The summed E-state index contributed by atoms with van der Waals surface area (Å²) in [7, 11) is 0. The van der Waals surface area contributed by atoms with Crippen LogP contribution in [0.15, 0.2) is 36.4 Å². The van der Waals surface area contributed by atoms with Gasteiger partial charge in [0.15, 0.2) is 0 Å². The third-order valence-electron chi connectivity index (χ3n) is 2.38. The molecule has 2 aromatic carbocycles. The Morgan fingerprint density at radius 3 is 2.12 bits per heavy atom. The first-order valence-electron chi connectivity index (χ1n) is 4.89. The summed E-state index contributed by atoms with van der Waals surface area (Å²) in [4.78, 5) is 0. The van der Waals surface area contributed by atoms with E-state index in [2.05, 4.69) is 0 Å². The molecular formula is C13H11F2N. The van der Waals surface area contributed by atoms with E-state index in [1.165, 1.54) is 12.1 Å². The van der Waals surface area contributed by atoms with Gasteiger partial charge in [-0.05, 0) is 36.2 Å². The Kier molecular flexibility index (Phi) is 2.60. The van der Waals surface area contributed by atoms with E-state index in [0.29, 0.717) is 16.8 Å². The summed E-state index contributed by atoms with van der Waals surface area (Å²) < 4.78 is 26.1. The van der Waals surface area contributed by atoms with Gasteiger partial charge in [0.25, 0.3) is 0 Å². The molecule has 0 spiro atoms. The van der Waals surface area contributed by atoms with Gasteiger partial charge in [-0.25, -0.2) is 8.78 Å². The van der Waals surface area contributed by atoms with Crippen molar-refractivity contribution in [3.05, 3.63) is 53.6 Å². The number of halogens is 2. The van der Waals surface area contributed by atoms with Crippen molar-refractivity contribution < 1.29 is 8.78 Å². The van der Waals surface area contributed by atoms with Gasteiger partial charge < -0.3 is 5.73 Å². The predicted molar refractivity (Wildman–Crippen MR) is 60.9 cm³/mol. The molecular weight excluding hydrogens is 208 g/mol. The molecule has 0 aliphatic carbocycles. The lowest BCUT2D eigenvalue weighted by Gasteiger charge is -2.07. The van der Waals surface area contributed by atoms with Gasteiger partial charge in [-0.3, -0.25) is 0 Å². The van der Waals surface area contributed by atoms with E-state index < -0.39 is 11.6 Å². The lowest BCUT2D eigenvalue weighted by molar-refractivity contribution is 0.584. The first-order chi connectivity index (χ1) is 7.56. The van der Waals surface area contributed by atoms with Gasteiger partial charge in [0.2, 0.25) is 0 Å². The van der Waals surface area contributed by atoms with Gasteiger partial charge >= 0.3 is 0 Å². The summed E-state index contributed by atoms with van der Waals surface area (Å²) in [6.07, 6.45) is 0. The van der Waals surface area contributed by atoms with Crippen molar-refractivity contribution in [2.24, 2.45) is 0 Å². The number of nitrogen functional groups attached to an aromatic ring is 1. The normalized spacial score (nSPS) is 10.4. The molecule has 0 bridgehead atoms. The molecule has 0 saturated carbocycles. The summed E-state index contributed by atoms with van der Waals surface area (Å²) in [5.41, 5.74) is 8.44. The SMILES string of the molecule is Cc1ccc(-c2cc(F)cc(F)c2)c(N)c1. The molecule has 0 aromatic heterocycles. The fourth-order valence-electron chi connectivity index (χ4n) is 1.65. The Morgan fingerprint density at radius 2 is 1.56 bits per heavy atom. The summed E-state index contributed by atoms with van der Waals surface area (Å²) in [5, 5.41) is 0. The fourth-order valence-corrected chi connectivity index (χ4v) is 1.65. The van der Waals surface area contributed by atoms with E-state index in [-0.39, 0.29) is 0 Å². The summed E-state index contributed by atoms with van der Waals surface area (Å²) >= 11 is 0. The van der Waals surface area contributed by atoms with Crippen LogP contribution in [-0.4, -0.2) is 0 Å². The van der Waals surface area contributed by atoms with Crippen molar-refractivity contribution in [3.63, 3.8) is 0 Å². The zero-order chi connectivity index (χ0) is 11.7. The van der Waals surface area contributed by atoms with Gasteiger partial charge in [-0.2, -0.15) is 0 Å². The van der Waals surface area contributed by atoms with Crippen molar-refractivity contribution >= 4 is 5.69 Å². The molecule has 0 amide bonds. The second-order valence-electron chi connectivity index (χ2n) is 3.75. The third-order valence-corrected chi connectivity index (χ3v) is 2.38. The van der Waals surface area contributed by atoms with Crippen molar-refractivity contribution in [1.29, 1.82) is 0 Å². The van der Waals surface area contributed by atoms with E-state index in [4.69, 9.17) is 5.73 Å². The van der Waals surface area contributed by atoms with Crippen LogP contribution in [0.5, 0.6) is 0 Å². The number of benzene rings is 2. The smallest absolute Gasteiger partial charge is 0.126 e. The minimum absolute atomic E-state index is 0.454. The Balaban J connectivity index is 2.58. The number of nitrogens with two attached hydrogens (primary N) is 1. The number of hydrogen-bond acceptors (Lipinski definition) is 1. The van der Waals surface area contributed by atoms with Gasteiger partial charge in [0.1, 0.15) is 11.6 Å². The number of anilines is 1. The number of hydrogen-bond donors (Lipinski definition) is 1. The van der Waals surface area contributed by atoms with Crippen LogP contribution >= 0.6 is 0 Å². The molecule has 2 N–H and O–H groups in total. The van der Waals surface area contributed by atoms with E-state index in [0.717, 1.165) is 11.6 Å². The van der Waals surface area contributed by atoms with Crippen molar-refractivity contribution in [2.75, 3.05) is 5.73 Å². The second-order valence-corrected chi connectivity index (χ2v) is 3.75. The van der Waals surface area contributed by atoms with Crippen LogP contribution in [0.4, 0.5) is 14.5 Å². The van der Waals surface area contributed by atoms with Crippen LogP contribution in [0.2, 0.25) is 0 Å². The molecule has 0 unspecified atom stereocenters. The third kappa shape index (κ3) is 2.03. The molecule has 1 nitrogen and oxygen atoms in total. The minimum Gasteiger partial charge on any atom is -0.398 e. The first kappa shape index (κ1) is 10.6. The molecule has 0 saturated heterocycles. The molecule has 0 fully saturated rings. The molecule has 0 heterocycles. The monoisotopic (exact) mass is 219 g/mol. The highest BCUT2D eigenvalue weighted by molar-refractivity contribution is 5.76. The largest absolute Gasteiger partial charge is 0.398 e. The van der Waals surface area contributed by atoms with Crippen LogP contribution in [0.1, 0.15) is 5.56 Å². The molecule has 2 rings (SSSR count). The highest BCUT2D eigenvalue weighted by Gasteiger charge is 2.06. The Hall–Kier alpha value is -1.90. The summed E-state index contributed by atoms with van der Waals surface area (Å²) in [6.45, 7) is 1.91. The zero-order valence-corrected chi connectivity index (χ0v) is 8.80. The summed E-state index contributed by atoms with van der Waals surface area (Å²) in [5.74, 6) is -1.20. The topological polar surface area (TPSA) is 26.0 Å². The standard InChI is InChI=1S/C13H11F2N/c1-8-2-3-12(13(16)4-8)9-5-10(14)7-11(15)6-9/h2-7H,16H2,1H3. The minimum atomic E-state index is -0.602. The molecule has 0 aliphatic heterocycles. The molecule has 82 valence electrons. The van der Waals surface area contributed by atoms with E-state index in [9.17, 15) is 8.78 Å². The number of aryl methyl sites for hydroxylation is 1. The fraction of sp³-hybridized carbons (Fsp3) is 0.0769. The van der Waals surface area contributed by atoms with Gasteiger partial charge in [0.05, 0.1) is 0 Å². The predicted octanol–water partition coefficient (Wildman–Crippen LogP) is 3.52. The van der Waals surface area contributed by atoms with Gasteiger partial charge in [-0.1, -0.05) is 12.1 Å². The van der Waals surface area contributed by atoms with Crippen LogP contribution in [0, 0.1) is 18.6 Å². The molecule has 0 radical (unpaired) electrons. The number of rotatable bonds is 1. The summed E-state index contributed by atoms with van der Waals surface area (Å²) in [6, 6.07) is 8.77. The molecule has 2 aromatic rings. The van der Waals surface area contributed by atoms with Crippen molar-refractivity contribution in [1.82, 2.24) is 0 Å². The lowest BCUT2D eigenvalue weighted by Crippen LogP contribution is -1.92. The molecule has 0 aliphatic rings. The van der Waals surface area contributed by atoms with Crippen LogP contribution < -0.4 is 5.73 Å². The van der Waals surface area contributed by atoms with Crippen LogP contribution in [-0.2, 0) is 0 Å². The van der Waals surface area contributed by atoms with Crippen molar-refractivity contribution in [3.8, 4) is 11.1 Å². The van der Waals surface area contributed by atoms with E-state index >= 15 is 0 Å². The van der Waals surface area contributed by atoms with E-state index in [1.54, 1.807) is 12.1 Å². The maximum atomic E-state index is 13.0. The highest BCUT2D eigenvalue weighted by atomic mass is 19.1. The average Bonchev–Trinajstić information content (AvgIpc) is 2.15. The average molecular weight is 219 g/mol. The molecule has 0 atom stereocenters. The van der Waals surface area contributed by atoms with Crippen LogP contribution in [0.3, 0.4) is 0 Å². The highest BCUT2D eigenvalue weighted by Crippen LogP contribution is 2.27. The zero-order valence-electron chi connectivity index (χ0n) is 8.80. The van der Waals surface area contributed by atoms with Gasteiger partial charge in [-0.15, -0.1) is 0 Å². The van der Waals surface area contributed by atoms with Crippen LogP contribution in [0.25, 0.3) is 11.1 Å². The Labute approximate surface area is 92.5 Å². The Bertz CT molecular complexity index is 515. The quantitative estimate of drug-likeness (QED) is 0.729. The first-order valence-corrected chi connectivity index (χ1v) is 4.89. The lowest BCUT2D eigenvalue weighted by atomic mass is 10.0. The second kappa shape index (κ2) is 3.93. The van der Waals surface area contributed by atoms with E-state index in [1.807, 2.05) is 13.0 Å². The Morgan fingerprint density at radius 1 is 0.938 bits per heavy atom. The molecule has 3 heteroatoms. The maximum absolute atomic E-state index is 13.0. The van der Waals surface area contributed by atoms with Gasteiger partial charge in [0, 0.05) is 17.3 Å².